The smallest absolute Gasteiger partial charge is 0.161 e. The van der Waals surface area contributed by atoms with E-state index >= 15 is 0 Å². The Balaban J connectivity index is 1.40. The van der Waals surface area contributed by atoms with E-state index in [1.54, 1.807) is 0 Å². The normalized spacial score (nSPS) is 14.2. The fraction of sp³-hybridized carbons (Fsp3) is 0.0270. The lowest BCUT2D eigenvalue weighted by molar-refractivity contribution is 1.14. The Bertz CT molecular complexity index is 1980. The maximum absolute atomic E-state index is 5.19. The number of hydrogen-bond donors (Lipinski definition) is 1. The van der Waals surface area contributed by atoms with Crippen LogP contribution < -0.4 is 5.32 Å². The van der Waals surface area contributed by atoms with Gasteiger partial charge in [-0.15, -0.1) is 0 Å². The minimum absolute atomic E-state index is 0.0976. The first-order valence-electron chi connectivity index (χ1n) is 13.8. The predicted octanol–water partition coefficient (Wildman–Crippen LogP) is 10.0. The van der Waals surface area contributed by atoms with Crippen LogP contribution in [0.15, 0.2) is 144 Å². The highest BCUT2D eigenvalue weighted by Crippen LogP contribution is 2.54. The van der Waals surface area contributed by atoms with Gasteiger partial charge in [-0.1, -0.05) is 139 Å². The van der Waals surface area contributed by atoms with Gasteiger partial charge in [0.25, 0.3) is 0 Å². The van der Waals surface area contributed by atoms with Crippen LogP contribution in [-0.2, 0) is 0 Å². The second kappa shape index (κ2) is 9.92. The number of aromatic nitrogens is 2. The molecule has 0 saturated carbocycles. The Labute approximate surface area is 242 Å². The fourth-order valence-corrected chi connectivity index (χ4v) is 6.98. The molecule has 41 heavy (non-hydrogen) atoms. The molecule has 0 saturated heterocycles. The Kier molecular flexibility index (Phi) is 5.78. The van der Waals surface area contributed by atoms with Crippen LogP contribution in [0, 0.1) is 0 Å². The summed E-state index contributed by atoms with van der Waals surface area (Å²) in [5.41, 5.74) is 7.43. The van der Waals surface area contributed by atoms with E-state index < -0.39 is 0 Å². The molecule has 1 aromatic heterocycles. The van der Waals surface area contributed by atoms with Gasteiger partial charge in [0.15, 0.2) is 5.82 Å². The maximum atomic E-state index is 5.19. The number of rotatable bonds is 4. The van der Waals surface area contributed by atoms with Crippen LogP contribution in [0.5, 0.6) is 0 Å². The summed E-state index contributed by atoms with van der Waals surface area (Å²) in [6.07, 6.45) is 0. The third-order valence-corrected chi connectivity index (χ3v) is 8.99. The van der Waals surface area contributed by atoms with Crippen molar-refractivity contribution in [3.63, 3.8) is 0 Å². The first-order chi connectivity index (χ1) is 20.3. The Morgan fingerprint density at radius 3 is 1.83 bits per heavy atom. The summed E-state index contributed by atoms with van der Waals surface area (Å²) >= 11 is 1.85. The van der Waals surface area contributed by atoms with Crippen molar-refractivity contribution in [1.82, 2.24) is 9.97 Å². The molecule has 1 aliphatic heterocycles. The average molecular weight is 544 g/mol. The molecule has 2 heterocycles. The minimum atomic E-state index is 0.0976. The Morgan fingerprint density at radius 2 is 1.15 bits per heavy atom. The lowest BCUT2D eigenvalue weighted by atomic mass is 9.97. The van der Waals surface area contributed by atoms with Gasteiger partial charge in [0, 0.05) is 27.0 Å². The Morgan fingerprint density at radius 1 is 0.561 bits per heavy atom. The molecule has 4 heteroatoms. The molecule has 1 N–H and O–H groups in total. The van der Waals surface area contributed by atoms with E-state index in [-0.39, 0.29) is 5.37 Å². The zero-order chi connectivity index (χ0) is 27.2. The lowest BCUT2D eigenvalue weighted by Crippen LogP contribution is -2.01. The van der Waals surface area contributed by atoms with E-state index in [4.69, 9.17) is 9.97 Å². The van der Waals surface area contributed by atoms with Crippen molar-refractivity contribution in [2.24, 2.45) is 0 Å². The molecule has 7 aromatic rings. The van der Waals surface area contributed by atoms with E-state index in [0.29, 0.717) is 0 Å². The minimum Gasteiger partial charge on any atom is -0.368 e. The van der Waals surface area contributed by atoms with E-state index in [0.717, 1.165) is 39.6 Å². The van der Waals surface area contributed by atoms with Gasteiger partial charge in [-0.25, -0.2) is 9.97 Å². The molecule has 0 fully saturated rings. The molecular formula is C37H25N3S. The molecule has 3 nitrogen and oxygen atoms in total. The maximum Gasteiger partial charge on any atom is 0.161 e. The van der Waals surface area contributed by atoms with Crippen molar-refractivity contribution in [2.45, 2.75) is 10.3 Å². The Hall–Kier alpha value is -4.93. The molecule has 0 spiro atoms. The number of anilines is 1. The SMILES string of the molecule is c1ccc(-c2cc(-c3ccccc3)nc(-c3cc4ccc5ccccc5c4c4c3SC(c3ccccc3)N4)n2)cc1. The average Bonchev–Trinajstić information content (AvgIpc) is 3.51. The standard InChI is InChI=1S/C37H25N3S/c1-4-13-25(14-5-1)31-23-32(26-15-6-2-7-16-26)39-36(38-31)30-22-28-21-20-24-12-10-11-19-29(24)33(28)34-35(30)41-37(40-34)27-17-8-3-9-18-27/h1-23,37,40H. The number of nitrogens with one attached hydrogen (secondary N) is 1. The van der Waals surface area contributed by atoms with Crippen LogP contribution in [0.2, 0.25) is 0 Å². The highest BCUT2D eigenvalue weighted by atomic mass is 32.2. The van der Waals surface area contributed by atoms with E-state index in [9.17, 15) is 0 Å². The van der Waals surface area contributed by atoms with Crippen LogP contribution in [0.25, 0.3) is 55.4 Å². The zero-order valence-electron chi connectivity index (χ0n) is 22.2. The third kappa shape index (κ3) is 4.24. The molecule has 1 aliphatic rings. The van der Waals surface area contributed by atoms with E-state index in [1.807, 2.05) is 23.9 Å². The van der Waals surface area contributed by atoms with Crippen LogP contribution in [0.4, 0.5) is 5.69 Å². The number of benzene rings is 6. The van der Waals surface area contributed by atoms with Gasteiger partial charge < -0.3 is 5.32 Å². The third-order valence-electron chi connectivity index (χ3n) is 7.70. The molecular weight excluding hydrogens is 518 g/mol. The van der Waals surface area contributed by atoms with Gasteiger partial charge in [0.1, 0.15) is 5.37 Å². The molecule has 1 unspecified atom stereocenters. The van der Waals surface area contributed by atoms with Crippen LogP contribution >= 0.6 is 11.8 Å². The van der Waals surface area contributed by atoms with E-state index in [1.165, 1.54) is 32.0 Å². The first-order valence-corrected chi connectivity index (χ1v) is 14.7. The molecule has 0 amide bonds. The van der Waals surface area contributed by atoms with Gasteiger partial charge in [0.05, 0.1) is 17.1 Å². The molecule has 0 radical (unpaired) electrons. The van der Waals surface area contributed by atoms with Crippen molar-refractivity contribution in [3.05, 3.63) is 145 Å². The molecule has 8 rings (SSSR count). The molecule has 0 bridgehead atoms. The van der Waals surface area contributed by atoms with Crippen molar-refractivity contribution < 1.29 is 0 Å². The van der Waals surface area contributed by atoms with Gasteiger partial charge >= 0.3 is 0 Å². The first kappa shape index (κ1) is 23.9. The highest BCUT2D eigenvalue weighted by Gasteiger charge is 2.30. The lowest BCUT2D eigenvalue weighted by Gasteiger charge is -2.15. The number of fused-ring (bicyclic) bond motifs is 5. The summed E-state index contributed by atoms with van der Waals surface area (Å²) in [6, 6.07) is 48.9. The van der Waals surface area contributed by atoms with Gasteiger partial charge in [-0.2, -0.15) is 0 Å². The molecule has 194 valence electrons. The van der Waals surface area contributed by atoms with Crippen molar-refractivity contribution in [3.8, 4) is 33.9 Å². The largest absolute Gasteiger partial charge is 0.368 e. The topological polar surface area (TPSA) is 37.8 Å². The van der Waals surface area contributed by atoms with Gasteiger partial charge in [-0.3, -0.25) is 0 Å². The zero-order valence-corrected chi connectivity index (χ0v) is 23.0. The van der Waals surface area contributed by atoms with Crippen molar-refractivity contribution in [2.75, 3.05) is 5.32 Å². The second-order valence-corrected chi connectivity index (χ2v) is 11.4. The molecule has 1 atom stereocenters. The second-order valence-electron chi connectivity index (χ2n) is 10.3. The van der Waals surface area contributed by atoms with Gasteiger partial charge in [0.2, 0.25) is 0 Å². The van der Waals surface area contributed by atoms with E-state index in [2.05, 4.69) is 133 Å². The molecule has 0 aliphatic carbocycles. The van der Waals surface area contributed by atoms with Crippen LogP contribution in [0.3, 0.4) is 0 Å². The summed E-state index contributed by atoms with van der Waals surface area (Å²) in [7, 11) is 0. The summed E-state index contributed by atoms with van der Waals surface area (Å²) in [5, 5.41) is 8.90. The highest BCUT2D eigenvalue weighted by molar-refractivity contribution is 8.00. The fourth-order valence-electron chi connectivity index (χ4n) is 5.72. The summed E-state index contributed by atoms with van der Waals surface area (Å²) < 4.78 is 0. The van der Waals surface area contributed by atoms with Crippen LogP contribution in [-0.4, -0.2) is 9.97 Å². The van der Waals surface area contributed by atoms with Crippen LogP contribution in [0.1, 0.15) is 10.9 Å². The quantitative estimate of drug-likeness (QED) is 0.224. The monoisotopic (exact) mass is 543 g/mol. The van der Waals surface area contributed by atoms with Gasteiger partial charge in [-0.05, 0) is 33.9 Å². The number of nitrogens with zero attached hydrogens (tertiary/aromatic N) is 2. The number of thioether (sulfide) groups is 1. The predicted molar refractivity (Wildman–Crippen MR) is 172 cm³/mol. The summed E-state index contributed by atoms with van der Waals surface area (Å²) in [6.45, 7) is 0. The summed E-state index contributed by atoms with van der Waals surface area (Å²) in [4.78, 5) is 11.6. The summed E-state index contributed by atoms with van der Waals surface area (Å²) in [5.74, 6) is 0.736. The van der Waals surface area contributed by atoms with Crippen molar-refractivity contribution in [1.29, 1.82) is 0 Å². The number of hydrogen-bond acceptors (Lipinski definition) is 4. The van der Waals surface area contributed by atoms with Crippen molar-refractivity contribution >= 4 is 39.0 Å². The molecule has 6 aromatic carbocycles.